The van der Waals surface area contributed by atoms with Crippen molar-refractivity contribution >= 4 is 5.97 Å². The maximum Gasteiger partial charge on any atom is 0.341 e. The van der Waals surface area contributed by atoms with Crippen LogP contribution in [0.1, 0.15) is 21.5 Å². The van der Waals surface area contributed by atoms with Gasteiger partial charge in [0.1, 0.15) is 11.3 Å². The SMILES string of the molecule is COC(=O)c1cn(CCc2ccccc2)cc2c(=O)n(-c3cccc(C)c3)nc1-2. The Hall–Kier alpha value is -3.67. The van der Waals surface area contributed by atoms with E-state index in [0.717, 1.165) is 12.0 Å². The van der Waals surface area contributed by atoms with Gasteiger partial charge in [-0.15, -0.1) is 0 Å². The standard InChI is InChI=1S/C23H21N3O3/c1-16-7-6-10-18(13-16)26-22(27)19-14-25(12-11-17-8-4-3-5-9-17)15-20(21(19)24-26)23(28)29-2/h3-10,13-15H,11-12H2,1-2H3. The predicted octanol–water partition coefficient (Wildman–Crippen LogP) is 3.48. The van der Waals surface area contributed by atoms with Gasteiger partial charge in [-0.1, -0.05) is 42.5 Å². The summed E-state index contributed by atoms with van der Waals surface area (Å²) in [7, 11) is 1.32. The van der Waals surface area contributed by atoms with Gasteiger partial charge >= 0.3 is 5.97 Å². The summed E-state index contributed by atoms with van der Waals surface area (Å²) in [5.74, 6) is -0.516. The number of aromatic nitrogens is 3. The summed E-state index contributed by atoms with van der Waals surface area (Å²) < 4.78 is 8.12. The van der Waals surface area contributed by atoms with Crippen molar-refractivity contribution in [1.29, 1.82) is 0 Å². The second-order valence-electron chi connectivity index (χ2n) is 6.96. The van der Waals surface area contributed by atoms with Crippen LogP contribution in [0.25, 0.3) is 16.9 Å². The third kappa shape index (κ3) is 3.69. The van der Waals surface area contributed by atoms with E-state index < -0.39 is 5.97 Å². The number of carbonyl (C=O) groups excluding carboxylic acids is 1. The minimum absolute atomic E-state index is 0.259. The molecule has 0 aliphatic carbocycles. The highest BCUT2D eigenvalue weighted by atomic mass is 16.5. The van der Waals surface area contributed by atoms with Gasteiger partial charge in [-0.2, -0.15) is 9.78 Å². The van der Waals surface area contributed by atoms with Crippen molar-refractivity contribution in [3.8, 4) is 16.9 Å². The van der Waals surface area contributed by atoms with Gasteiger partial charge in [0.05, 0.1) is 18.4 Å². The number of methoxy groups -OCH3 is 1. The lowest BCUT2D eigenvalue weighted by atomic mass is 10.1. The molecule has 146 valence electrons. The van der Waals surface area contributed by atoms with Crippen molar-refractivity contribution in [3.63, 3.8) is 0 Å². The van der Waals surface area contributed by atoms with Gasteiger partial charge in [-0.25, -0.2) is 4.79 Å². The Kier molecular flexibility index (Phi) is 4.99. The first-order valence-electron chi connectivity index (χ1n) is 9.39. The summed E-state index contributed by atoms with van der Waals surface area (Å²) >= 11 is 0. The molecule has 0 saturated carbocycles. The number of ether oxygens (including phenoxy) is 1. The number of hydrogen-bond donors (Lipinski definition) is 0. The van der Waals surface area contributed by atoms with E-state index in [2.05, 4.69) is 17.2 Å². The molecule has 0 atom stereocenters. The number of aryl methyl sites for hydroxylation is 3. The Bertz CT molecular complexity index is 1190. The zero-order valence-corrected chi connectivity index (χ0v) is 16.3. The van der Waals surface area contributed by atoms with Gasteiger partial charge in [0, 0.05) is 18.9 Å². The lowest BCUT2D eigenvalue weighted by Crippen LogP contribution is -2.16. The van der Waals surface area contributed by atoms with Gasteiger partial charge in [-0.05, 0) is 36.6 Å². The molecule has 0 fully saturated rings. The monoisotopic (exact) mass is 387 g/mol. The summed E-state index contributed by atoms with van der Waals surface area (Å²) in [4.78, 5) is 25.4. The van der Waals surface area contributed by atoms with E-state index in [1.807, 2.05) is 54.0 Å². The summed E-state index contributed by atoms with van der Waals surface area (Å²) in [6, 6.07) is 17.6. The highest BCUT2D eigenvalue weighted by molar-refractivity contribution is 5.96. The van der Waals surface area contributed by atoms with E-state index in [1.54, 1.807) is 12.4 Å². The van der Waals surface area contributed by atoms with E-state index in [-0.39, 0.29) is 11.1 Å². The van der Waals surface area contributed by atoms with Crippen molar-refractivity contribution < 1.29 is 9.53 Å². The van der Waals surface area contributed by atoms with Gasteiger partial charge in [0.15, 0.2) is 0 Å². The second-order valence-corrected chi connectivity index (χ2v) is 6.96. The minimum atomic E-state index is -0.516. The molecular weight excluding hydrogens is 366 g/mol. The molecule has 2 heterocycles. The van der Waals surface area contributed by atoms with Gasteiger partial charge in [0.2, 0.25) is 0 Å². The molecule has 0 amide bonds. The molecule has 6 heteroatoms. The maximum absolute atomic E-state index is 13.1. The highest BCUT2D eigenvalue weighted by Gasteiger charge is 2.24. The summed E-state index contributed by atoms with van der Waals surface area (Å²) in [6.45, 7) is 2.58. The fourth-order valence-electron chi connectivity index (χ4n) is 3.39. The normalized spacial score (nSPS) is 11.0. The Labute approximate surface area is 168 Å². The lowest BCUT2D eigenvalue weighted by molar-refractivity contribution is 0.0600. The van der Waals surface area contributed by atoms with Crippen LogP contribution in [0.15, 0.2) is 71.8 Å². The number of pyridine rings is 1. The quantitative estimate of drug-likeness (QED) is 0.492. The van der Waals surface area contributed by atoms with Gasteiger partial charge in [-0.3, -0.25) is 4.79 Å². The van der Waals surface area contributed by atoms with Crippen LogP contribution in [-0.4, -0.2) is 27.4 Å². The van der Waals surface area contributed by atoms with Gasteiger partial charge < -0.3 is 9.30 Å². The molecule has 2 aliphatic heterocycles. The largest absolute Gasteiger partial charge is 0.465 e. The number of esters is 1. The molecule has 0 aromatic heterocycles. The number of nitrogens with zero attached hydrogens (tertiary/aromatic N) is 3. The average molecular weight is 387 g/mol. The Morgan fingerprint density at radius 1 is 1.07 bits per heavy atom. The van der Waals surface area contributed by atoms with Crippen molar-refractivity contribution in [3.05, 3.63) is 94.0 Å². The zero-order chi connectivity index (χ0) is 20.4. The summed E-state index contributed by atoms with van der Waals surface area (Å²) in [5.41, 5.74) is 3.62. The first-order chi connectivity index (χ1) is 14.1. The highest BCUT2D eigenvalue weighted by Crippen LogP contribution is 2.23. The van der Waals surface area contributed by atoms with Gasteiger partial charge in [0.25, 0.3) is 5.56 Å². The first-order valence-corrected chi connectivity index (χ1v) is 9.39. The number of benzene rings is 2. The number of carbonyl (C=O) groups is 1. The third-order valence-electron chi connectivity index (χ3n) is 4.88. The number of hydrogen-bond acceptors (Lipinski definition) is 4. The van der Waals surface area contributed by atoms with E-state index in [1.165, 1.54) is 17.4 Å². The molecular formula is C23H21N3O3. The van der Waals surface area contributed by atoms with Crippen LogP contribution in [0, 0.1) is 6.92 Å². The molecule has 2 aromatic rings. The minimum Gasteiger partial charge on any atom is -0.465 e. The van der Waals surface area contributed by atoms with Crippen LogP contribution in [-0.2, 0) is 17.7 Å². The van der Waals surface area contributed by atoms with E-state index in [0.29, 0.717) is 23.5 Å². The molecule has 29 heavy (non-hydrogen) atoms. The van der Waals surface area contributed by atoms with E-state index in [4.69, 9.17) is 4.74 Å². The number of fused-ring (bicyclic) bond motifs is 1. The Morgan fingerprint density at radius 3 is 2.59 bits per heavy atom. The van der Waals surface area contributed by atoms with Crippen LogP contribution in [0.5, 0.6) is 0 Å². The Morgan fingerprint density at radius 2 is 1.86 bits per heavy atom. The molecule has 2 aromatic carbocycles. The topological polar surface area (TPSA) is 66.1 Å². The fraction of sp³-hybridized carbons (Fsp3) is 0.174. The molecule has 2 aliphatic rings. The molecule has 0 radical (unpaired) electrons. The number of rotatable bonds is 5. The van der Waals surface area contributed by atoms with Crippen LogP contribution < -0.4 is 5.56 Å². The van der Waals surface area contributed by atoms with Crippen LogP contribution in [0.4, 0.5) is 0 Å². The molecule has 0 N–H and O–H groups in total. The smallest absolute Gasteiger partial charge is 0.341 e. The van der Waals surface area contributed by atoms with Crippen LogP contribution >= 0.6 is 0 Å². The molecule has 0 unspecified atom stereocenters. The third-order valence-corrected chi connectivity index (χ3v) is 4.88. The predicted molar refractivity (Wildman–Crippen MR) is 111 cm³/mol. The lowest BCUT2D eigenvalue weighted by Gasteiger charge is -2.11. The molecule has 4 rings (SSSR count). The summed E-state index contributed by atoms with van der Waals surface area (Å²) in [5, 5.41) is 4.44. The zero-order valence-electron chi connectivity index (χ0n) is 16.3. The average Bonchev–Trinajstić information content (AvgIpc) is 3.08. The fourth-order valence-corrected chi connectivity index (χ4v) is 3.39. The Balaban J connectivity index is 1.81. The van der Waals surface area contributed by atoms with Crippen molar-refractivity contribution in [2.24, 2.45) is 0 Å². The van der Waals surface area contributed by atoms with Crippen LogP contribution in [0.3, 0.4) is 0 Å². The van der Waals surface area contributed by atoms with Crippen molar-refractivity contribution in [1.82, 2.24) is 14.3 Å². The molecule has 6 nitrogen and oxygen atoms in total. The molecule has 0 saturated heterocycles. The van der Waals surface area contributed by atoms with E-state index in [9.17, 15) is 9.59 Å². The molecule has 0 spiro atoms. The van der Waals surface area contributed by atoms with Crippen LogP contribution in [0.2, 0.25) is 0 Å². The first kappa shape index (κ1) is 18.7. The van der Waals surface area contributed by atoms with Crippen molar-refractivity contribution in [2.45, 2.75) is 19.9 Å². The van der Waals surface area contributed by atoms with Crippen molar-refractivity contribution in [2.75, 3.05) is 7.11 Å². The maximum atomic E-state index is 13.1. The molecule has 0 bridgehead atoms. The van der Waals surface area contributed by atoms with E-state index >= 15 is 0 Å². The summed E-state index contributed by atoms with van der Waals surface area (Å²) in [6.07, 6.45) is 4.23. The second kappa shape index (κ2) is 7.75.